The zero-order valence-electron chi connectivity index (χ0n) is 14.3. The van der Waals surface area contributed by atoms with Crippen molar-refractivity contribution >= 4 is 28.7 Å². The van der Waals surface area contributed by atoms with Gasteiger partial charge in [0.2, 0.25) is 0 Å². The van der Waals surface area contributed by atoms with Crippen LogP contribution in [0, 0.1) is 5.82 Å². The Balaban J connectivity index is 1.74. The van der Waals surface area contributed by atoms with Gasteiger partial charge in [0.05, 0.1) is 16.7 Å². The molecule has 0 unspecified atom stereocenters. The third-order valence-corrected chi connectivity index (χ3v) is 4.11. The third-order valence-electron chi connectivity index (χ3n) is 4.11. The van der Waals surface area contributed by atoms with Gasteiger partial charge in [-0.05, 0) is 48.0 Å². The van der Waals surface area contributed by atoms with Gasteiger partial charge in [0.25, 0.3) is 5.91 Å². The Hall–Kier alpha value is -3.73. The number of hydrogen-bond donors (Lipinski definition) is 2. The van der Waals surface area contributed by atoms with Crippen LogP contribution in [0.5, 0.6) is 0 Å². The Kier molecular flexibility index (Phi) is 4.49. The highest BCUT2D eigenvalue weighted by Crippen LogP contribution is 2.19. The first-order valence-electron chi connectivity index (χ1n) is 8.48. The van der Waals surface area contributed by atoms with Crippen LogP contribution in [0.2, 0.25) is 0 Å². The highest BCUT2D eigenvalue weighted by Gasteiger charge is 2.13. The normalized spacial score (nSPS) is 11.5. The molecule has 132 valence electrons. The summed E-state index contributed by atoms with van der Waals surface area (Å²) in [4.78, 5) is 20.4. The summed E-state index contributed by atoms with van der Waals surface area (Å²) in [5.74, 6) is -0.0278. The zero-order chi connectivity index (χ0) is 18.6. The smallest absolute Gasteiger partial charge is 0.255 e. The van der Waals surface area contributed by atoms with Crippen LogP contribution in [0.4, 0.5) is 4.39 Å². The van der Waals surface area contributed by atoms with Gasteiger partial charge < -0.3 is 10.3 Å². The lowest BCUT2D eigenvalue weighted by Crippen LogP contribution is -2.22. The predicted octanol–water partition coefficient (Wildman–Crippen LogP) is 4.63. The van der Waals surface area contributed by atoms with Crippen LogP contribution in [0.1, 0.15) is 21.7 Å². The molecule has 4 rings (SSSR count). The Morgan fingerprint density at radius 1 is 0.926 bits per heavy atom. The number of aromatic nitrogens is 2. The molecule has 4 nitrogen and oxygen atoms in total. The summed E-state index contributed by atoms with van der Waals surface area (Å²) in [5.41, 5.74) is 3.46. The van der Waals surface area contributed by atoms with Gasteiger partial charge in [-0.2, -0.15) is 0 Å². The molecule has 0 spiro atoms. The molecular weight excluding hydrogens is 341 g/mol. The van der Waals surface area contributed by atoms with Crippen molar-refractivity contribution < 1.29 is 9.18 Å². The van der Waals surface area contributed by atoms with E-state index in [0.29, 0.717) is 17.1 Å². The van der Waals surface area contributed by atoms with Crippen molar-refractivity contribution in [2.75, 3.05) is 0 Å². The number of para-hydroxylation sites is 2. The Labute approximate surface area is 155 Å². The average Bonchev–Trinajstić information content (AvgIpc) is 3.14. The fourth-order valence-corrected chi connectivity index (χ4v) is 2.75. The summed E-state index contributed by atoms with van der Waals surface area (Å²) in [7, 11) is 0. The molecule has 27 heavy (non-hydrogen) atoms. The van der Waals surface area contributed by atoms with E-state index in [1.54, 1.807) is 42.5 Å². The van der Waals surface area contributed by atoms with Crippen LogP contribution < -0.4 is 5.32 Å². The lowest BCUT2D eigenvalue weighted by atomic mass is 10.1. The molecule has 3 aromatic carbocycles. The molecule has 0 aliphatic heterocycles. The number of hydrogen-bond acceptors (Lipinski definition) is 2. The van der Waals surface area contributed by atoms with E-state index in [2.05, 4.69) is 15.3 Å². The van der Waals surface area contributed by atoms with Crippen molar-refractivity contribution in [3.05, 3.63) is 102 Å². The quantitative estimate of drug-likeness (QED) is 0.559. The van der Waals surface area contributed by atoms with E-state index < -0.39 is 0 Å². The molecule has 0 saturated heterocycles. The summed E-state index contributed by atoms with van der Waals surface area (Å²) in [6.07, 6.45) is 1.76. The van der Waals surface area contributed by atoms with Gasteiger partial charge in [-0.3, -0.25) is 4.79 Å². The first kappa shape index (κ1) is 16.7. The molecule has 0 atom stereocenters. The molecule has 0 saturated carbocycles. The molecule has 0 fully saturated rings. The molecule has 4 aromatic rings. The van der Waals surface area contributed by atoms with Crippen molar-refractivity contribution in [1.82, 2.24) is 15.3 Å². The molecule has 5 heteroatoms. The summed E-state index contributed by atoms with van der Waals surface area (Å²) < 4.78 is 13.2. The number of benzene rings is 3. The highest BCUT2D eigenvalue weighted by molar-refractivity contribution is 6.01. The summed E-state index contributed by atoms with van der Waals surface area (Å²) in [5, 5.41) is 2.91. The zero-order valence-corrected chi connectivity index (χ0v) is 14.3. The van der Waals surface area contributed by atoms with Crippen molar-refractivity contribution in [3.63, 3.8) is 0 Å². The number of H-pyrrole nitrogens is 1. The van der Waals surface area contributed by atoms with E-state index >= 15 is 0 Å². The van der Waals surface area contributed by atoms with Crippen molar-refractivity contribution in [2.45, 2.75) is 0 Å². The number of amides is 1. The second-order valence-electron chi connectivity index (χ2n) is 6.03. The van der Waals surface area contributed by atoms with Gasteiger partial charge in [0.15, 0.2) is 5.82 Å². The van der Waals surface area contributed by atoms with Gasteiger partial charge in [-0.15, -0.1) is 0 Å². The third kappa shape index (κ3) is 3.77. The van der Waals surface area contributed by atoms with Crippen LogP contribution in [0.15, 0.2) is 78.9 Å². The molecule has 1 amide bonds. The topological polar surface area (TPSA) is 57.8 Å². The number of aromatic amines is 1. The van der Waals surface area contributed by atoms with E-state index in [0.717, 1.165) is 16.6 Å². The first-order valence-corrected chi connectivity index (χ1v) is 8.48. The summed E-state index contributed by atoms with van der Waals surface area (Å²) in [6, 6.07) is 22.6. The van der Waals surface area contributed by atoms with E-state index in [9.17, 15) is 9.18 Å². The lowest BCUT2D eigenvalue weighted by Gasteiger charge is -2.08. The second-order valence-corrected chi connectivity index (χ2v) is 6.03. The van der Waals surface area contributed by atoms with Gasteiger partial charge in [-0.1, -0.05) is 42.5 Å². The molecule has 1 heterocycles. The van der Waals surface area contributed by atoms with E-state index in [1.807, 2.05) is 30.3 Å². The monoisotopic (exact) mass is 357 g/mol. The van der Waals surface area contributed by atoms with Crippen LogP contribution in [0.3, 0.4) is 0 Å². The first-order chi connectivity index (χ1) is 13.2. The number of imidazole rings is 1. The molecule has 0 bridgehead atoms. The van der Waals surface area contributed by atoms with Gasteiger partial charge >= 0.3 is 0 Å². The molecule has 0 radical (unpaired) electrons. The number of carbonyl (C=O) groups is 1. The van der Waals surface area contributed by atoms with E-state index in [4.69, 9.17) is 0 Å². The minimum Gasteiger partial charge on any atom is -0.337 e. The van der Waals surface area contributed by atoms with Crippen molar-refractivity contribution in [3.8, 4) is 0 Å². The number of fused-ring (bicyclic) bond motifs is 1. The average molecular weight is 357 g/mol. The Morgan fingerprint density at radius 2 is 1.63 bits per heavy atom. The molecule has 0 aliphatic rings. The maximum absolute atomic E-state index is 13.2. The minimum absolute atomic E-state index is 0.246. The van der Waals surface area contributed by atoms with Crippen LogP contribution in [-0.4, -0.2) is 15.9 Å². The summed E-state index contributed by atoms with van der Waals surface area (Å²) >= 11 is 0. The number of nitrogens with one attached hydrogen (secondary N) is 2. The standard InChI is InChI=1S/C22H16FN3O/c23-17-12-10-15(11-13-17)14-20(26-22(27)16-6-2-1-3-7-16)21-24-18-8-4-5-9-19(18)25-21/h1-14H,(H,24,25)(H,26,27)/b20-14-. The highest BCUT2D eigenvalue weighted by atomic mass is 19.1. The fraction of sp³-hybridized carbons (Fsp3) is 0. The molecule has 1 aromatic heterocycles. The Bertz CT molecular complexity index is 1080. The van der Waals surface area contributed by atoms with Gasteiger partial charge in [0.1, 0.15) is 5.82 Å². The Morgan fingerprint density at radius 3 is 2.37 bits per heavy atom. The van der Waals surface area contributed by atoms with Crippen LogP contribution in [-0.2, 0) is 0 Å². The molecule has 0 aliphatic carbocycles. The maximum atomic E-state index is 13.2. The number of rotatable bonds is 4. The van der Waals surface area contributed by atoms with E-state index in [-0.39, 0.29) is 11.7 Å². The van der Waals surface area contributed by atoms with Crippen LogP contribution in [0.25, 0.3) is 22.8 Å². The molecule has 2 N–H and O–H groups in total. The van der Waals surface area contributed by atoms with Crippen molar-refractivity contribution in [1.29, 1.82) is 0 Å². The molecular formula is C22H16FN3O. The number of halogens is 1. The lowest BCUT2D eigenvalue weighted by molar-refractivity contribution is 0.0973. The fourth-order valence-electron chi connectivity index (χ4n) is 2.75. The van der Waals surface area contributed by atoms with Crippen molar-refractivity contribution in [2.24, 2.45) is 0 Å². The van der Waals surface area contributed by atoms with Crippen LogP contribution >= 0.6 is 0 Å². The largest absolute Gasteiger partial charge is 0.337 e. The number of nitrogens with zero attached hydrogens (tertiary/aromatic N) is 1. The van der Waals surface area contributed by atoms with E-state index in [1.165, 1.54) is 12.1 Å². The SMILES string of the molecule is O=C(N/C(=C\c1ccc(F)cc1)c1nc2ccccc2[nH]1)c1ccccc1. The van der Waals surface area contributed by atoms with Gasteiger partial charge in [0, 0.05) is 5.56 Å². The maximum Gasteiger partial charge on any atom is 0.255 e. The summed E-state index contributed by atoms with van der Waals surface area (Å²) in [6.45, 7) is 0. The van der Waals surface area contributed by atoms with Gasteiger partial charge in [-0.25, -0.2) is 9.37 Å². The minimum atomic E-state index is -0.314. The predicted molar refractivity (Wildman–Crippen MR) is 104 cm³/mol. The second kappa shape index (κ2) is 7.25. The number of carbonyl (C=O) groups excluding carboxylic acids is 1.